The summed E-state index contributed by atoms with van der Waals surface area (Å²) in [5.41, 5.74) is 5.88. The summed E-state index contributed by atoms with van der Waals surface area (Å²) in [7, 11) is 0. The molecule has 74 valence electrons. The summed E-state index contributed by atoms with van der Waals surface area (Å²) in [5, 5.41) is 3.31. The van der Waals surface area contributed by atoms with E-state index in [1.54, 1.807) is 0 Å². The van der Waals surface area contributed by atoms with Gasteiger partial charge >= 0.3 is 0 Å². The van der Waals surface area contributed by atoms with Gasteiger partial charge in [0, 0.05) is 13.1 Å². The summed E-state index contributed by atoms with van der Waals surface area (Å²) in [6, 6.07) is 0. The van der Waals surface area contributed by atoms with Crippen molar-refractivity contribution >= 4 is 0 Å². The largest absolute Gasteiger partial charge is 0.329 e. The van der Waals surface area contributed by atoms with Crippen LogP contribution in [0, 0.1) is 5.41 Å². The Balaban J connectivity index is 3.19. The normalized spacial score (nSPS) is 12.0. The highest BCUT2D eigenvalue weighted by molar-refractivity contribution is 4.66. The van der Waals surface area contributed by atoms with E-state index in [9.17, 15) is 0 Å². The summed E-state index contributed by atoms with van der Waals surface area (Å²) in [6.07, 6.45) is 3.84. The fraction of sp³-hybridized carbons (Fsp3) is 1.00. The van der Waals surface area contributed by atoms with Crippen LogP contribution in [0.15, 0.2) is 0 Å². The van der Waals surface area contributed by atoms with Crippen molar-refractivity contribution in [3.05, 3.63) is 0 Å². The lowest BCUT2D eigenvalue weighted by Gasteiger charge is -2.22. The van der Waals surface area contributed by atoms with E-state index in [1.807, 2.05) is 0 Å². The second-order valence-corrected chi connectivity index (χ2v) is 4.16. The minimum Gasteiger partial charge on any atom is -0.329 e. The monoisotopic (exact) mass is 172 g/mol. The molecule has 0 fully saturated rings. The minimum absolute atomic E-state index is 0.518. The maximum Gasteiger partial charge on any atom is 0.00745 e. The van der Waals surface area contributed by atoms with Crippen molar-refractivity contribution in [2.24, 2.45) is 11.1 Å². The number of nitrogens with two attached hydrogens (primary N) is 1. The first-order chi connectivity index (χ1) is 5.62. The third-order valence-corrected chi connectivity index (χ3v) is 2.49. The molecule has 0 rings (SSSR count). The van der Waals surface area contributed by atoms with E-state index < -0.39 is 0 Å². The van der Waals surface area contributed by atoms with Crippen LogP contribution >= 0.6 is 0 Å². The molecule has 0 aliphatic carbocycles. The van der Waals surface area contributed by atoms with Gasteiger partial charge in [-0.05, 0) is 24.8 Å². The van der Waals surface area contributed by atoms with Gasteiger partial charge in [0.15, 0.2) is 0 Å². The van der Waals surface area contributed by atoms with Crippen molar-refractivity contribution in [3.63, 3.8) is 0 Å². The van der Waals surface area contributed by atoms with E-state index in [1.165, 1.54) is 19.3 Å². The molecule has 0 saturated heterocycles. The van der Waals surface area contributed by atoms with Gasteiger partial charge in [0.05, 0.1) is 0 Å². The van der Waals surface area contributed by atoms with Gasteiger partial charge in [-0.1, -0.05) is 27.2 Å². The van der Waals surface area contributed by atoms with Crippen LogP contribution in [0.25, 0.3) is 0 Å². The summed E-state index contributed by atoms with van der Waals surface area (Å²) in [5.74, 6) is 0. The number of hydrogen-bond donors (Lipinski definition) is 2. The van der Waals surface area contributed by atoms with Crippen LogP contribution in [0.2, 0.25) is 0 Å². The quantitative estimate of drug-likeness (QED) is 0.574. The number of hydrogen-bond acceptors (Lipinski definition) is 2. The molecule has 0 bridgehead atoms. The minimum atomic E-state index is 0.518. The molecular formula is C10H24N2. The van der Waals surface area contributed by atoms with Gasteiger partial charge in [-0.25, -0.2) is 0 Å². The average Bonchev–Trinajstić information content (AvgIpc) is 2.04. The van der Waals surface area contributed by atoms with E-state index in [4.69, 9.17) is 5.73 Å². The molecule has 0 aromatic heterocycles. The zero-order valence-corrected chi connectivity index (χ0v) is 8.82. The zero-order chi connectivity index (χ0) is 9.45. The number of nitrogens with one attached hydrogen (secondary N) is 1. The Morgan fingerprint density at radius 2 is 1.92 bits per heavy atom. The van der Waals surface area contributed by atoms with Crippen molar-refractivity contribution in [2.45, 2.75) is 40.0 Å². The van der Waals surface area contributed by atoms with Gasteiger partial charge in [-0.2, -0.15) is 0 Å². The first kappa shape index (κ1) is 11.9. The molecular weight excluding hydrogens is 148 g/mol. The first-order valence-electron chi connectivity index (χ1n) is 5.03. The van der Waals surface area contributed by atoms with E-state index in [-0.39, 0.29) is 0 Å². The van der Waals surface area contributed by atoms with Crippen molar-refractivity contribution in [2.75, 3.05) is 19.6 Å². The van der Waals surface area contributed by atoms with Gasteiger partial charge in [0.1, 0.15) is 0 Å². The lowest BCUT2D eigenvalue weighted by molar-refractivity contribution is 0.311. The van der Waals surface area contributed by atoms with Crippen LogP contribution in [0.1, 0.15) is 40.0 Å². The van der Waals surface area contributed by atoms with Crippen molar-refractivity contribution in [1.82, 2.24) is 5.32 Å². The van der Waals surface area contributed by atoms with Crippen LogP contribution < -0.4 is 11.1 Å². The van der Waals surface area contributed by atoms with Crippen LogP contribution in [0.3, 0.4) is 0 Å². The molecule has 0 atom stereocenters. The molecule has 0 saturated carbocycles. The third kappa shape index (κ3) is 6.62. The van der Waals surface area contributed by atoms with Gasteiger partial charge < -0.3 is 11.1 Å². The predicted molar refractivity (Wildman–Crippen MR) is 55.2 cm³/mol. The Kier molecular flexibility index (Phi) is 6.39. The van der Waals surface area contributed by atoms with Gasteiger partial charge in [-0.3, -0.25) is 0 Å². The summed E-state index contributed by atoms with van der Waals surface area (Å²) in [6.45, 7) is 9.73. The molecule has 0 amide bonds. The Bertz CT molecular complexity index is 100. The van der Waals surface area contributed by atoms with Gasteiger partial charge in [0.2, 0.25) is 0 Å². The van der Waals surface area contributed by atoms with Crippen molar-refractivity contribution in [1.29, 1.82) is 0 Å². The van der Waals surface area contributed by atoms with Gasteiger partial charge in [0.25, 0.3) is 0 Å². The standard InChI is InChI=1S/C10H24N2/c1-4-10(2,3)6-5-8-12-9-7-11/h12H,4-9,11H2,1-3H3. The molecule has 3 N–H and O–H groups in total. The van der Waals surface area contributed by atoms with Crippen LogP contribution in [-0.4, -0.2) is 19.6 Å². The first-order valence-corrected chi connectivity index (χ1v) is 5.03. The Morgan fingerprint density at radius 3 is 2.42 bits per heavy atom. The van der Waals surface area contributed by atoms with E-state index in [0.717, 1.165) is 19.6 Å². The summed E-state index contributed by atoms with van der Waals surface area (Å²) < 4.78 is 0. The van der Waals surface area contributed by atoms with E-state index >= 15 is 0 Å². The van der Waals surface area contributed by atoms with Crippen molar-refractivity contribution < 1.29 is 0 Å². The molecule has 0 heterocycles. The molecule has 2 nitrogen and oxygen atoms in total. The Labute approximate surface area is 76.9 Å². The fourth-order valence-electron chi connectivity index (χ4n) is 1.10. The molecule has 0 radical (unpaired) electrons. The lowest BCUT2D eigenvalue weighted by Crippen LogP contribution is -2.24. The fourth-order valence-corrected chi connectivity index (χ4v) is 1.10. The summed E-state index contributed by atoms with van der Waals surface area (Å²) >= 11 is 0. The highest BCUT2D eigenvalue weighted by atomic mass is 14.9. The topological polar surface area (TPSA) is 38.0 Å². The molecule has 12 heavy (non-hydrogen) atoms. The van der Waals surface area contributed by atoms with Crippen LogP contribution in [-0.2, 0) is 0 Å². The highest BCUT2D eigenvalue weighted by Crippen LogP contribution is 2.25. The second-order valence-electron chi connectivity index (χ2n) is 4.16. The Hall–Kier alpha value is -0.0800. The maximum absolute atomic E-state index is 5.36. The molecule has 0 aromatic carbocycles. The zero-order valence-electron chi connectivity index (χ0n) is 8.82. The van der Waals surface area contributed by atoms with E-state index in [2.05, 4.69) is 26.1 Å². The van der Waals surface area contributed by atoms with Crippen LogP contribution in [0.5, 0.6) is 0 Å². The molecule has 0 unspecified atom stereocenters. The maximum atomic E-state index is 5.36. The molecule has 0 spiro atoms. The number of rotatable bonds is 7. The van der Waals surface area contributed by atoms with E-state index in [0.29, 0.717) is 5.41 Å². The molecule has 0 aliphatic rings. The lowest BCUT2D eigenvalue weighted by atomic mass is 9.85. The SMILES string of the molecule is CCC(C)(C)CCCNCCN. The van der Waals surface area contributed by atoms with Crippen LogP contribution in [0.4, 0.5) is 0 Å². The molecule has 0 aromatic rings. The Morgan fingerprint density at radius 1 is 1.25 bits per heavy atom. The molecule has 2 heteroatoms. The highest BCUT2D eigenvalue weighted by Gasteiger charge is 2.13. The third-order valence-electron chi connectivity index (χ3n) is 2.49. The second kappa shape index (κ2) is 6.44. The van der Waals surface area contributed by atoms with Gasteiger partial charge in [-0.15, -0.1) is 0 Å². The average molecular weight is 172 g/mol. The van der Waals surface area contributed by atoms with Crippen molar-refractivity contribution in [3.8, 4) is 0 Å². The smallest absolute Gasteiger partial charge is 0.00745 e. The summed E-state index contributed by atoms with van der Waals surface area (Å²) in [4.78, 5) is 0. The predicted octanol–water partition coefficient (Wildman–Crippen LogP) is 1.75. The molecule has 0 aliphatic heterocycles.